The predicted octanol–water partition coefficient (Wildman–Crippen LogP) is 3.60. The molecule has 0 bridgehead atoms. The van der Waals surface area contributed by atoms with Crippen molar-refractivity contribution in [2.75, 3.05) is 6.61 Å². The fraction of sp³-hybridized carbons (Fsp3) is 0.917. The molecule has 0 spiro atoms. The molecule has 2 nitrogen and oxygen atoms in total. The van der Waals surface area contributed by atoms with Crippen LogP contribution in [0.4, 0.5) is 0 Å². The second kappa shape index (κ2) is 10.3. The lowest BCUT2D eigenvalue weighted by Crippen LogP contribution is -2.15. The van der Waals surface area contributed by atoms with Crippen LogP contribution in [0.2, 0.25) is 0 Å². The third kappa shape index (κ3) is 10.1. The van der Waals surface area contributed by atoms with Crippen LogP contribution in [0.25, 0.3) is 0 Å². The van der Waals surface area contributed by atoms with Gasteiger partial charge in [-0.15, -0.1) is 0 Å². The molecule has 0 saturated carbocycles. The van der Waals surface area contributed by atoms with Crippen molar-refractivity contribution >= 4 is 18.6 Å². The number of hydrogen-bond donors (Lipinski definition) is 1. The number of esters is 1. The van der Waals surface area contributed by atoms with Gasteiger partial charge in [0.25, 0.3) is 0 Å². The van der Waals surface area contributed by atoms with Gasteiger partial charge in [0.1, 0.15) is 0 Å². The molecule has 0 aromatic carbocycles. The second-order valence-corrected chi connectivity index (χ2v) is 4.74. The van der Waals surface area contributed by atoms with Crippen LogP contribution >= 0.6 is 12.6 Å². The smallest absolute Gasteiger partial charge is 0.318 e. The summed E-state index contributed by atoms with van der Waals surface area (Å²) in [6.45, 7) is 4.51. The van der Waals surface area contributed by atoms with Crippen LogP contribution in [0.5, 0.6) is 0 Å². The molecule has 0 fully saturated rings. The third-order valence-electron chi connectivity index (χ3n) is 2.33. The minimum absolute atomic E-state index is 0.204. The first-order valence-electron chi connectivity index (χ1n) is 6.03. The Hall–Kier alpha value is -0.180. The minimum atomic E-state index is -0.297. The van der Waals surface area contributed by atoms with E-state index >= 15 is 0 Å². The van der Waals surface area contributed by atoms with Crippen molar-refractivity contribution in [3.05, 3.63) is 0 Å². The lowest BCUT2D eigenvalue weighted by atomic mass is 10.1. The Morgan fingerprint density at radius 1 is 1.13 bits per heavy atom. The van der Waals surface area contributed by atoms with Gasteiger partial charge in [-0.1, -0.05) is 45.4 Å². The maximum Gasteiger partial charge on any atom is 0.318 e. The molecule has 0 heterocycles. The summed E-state index contributed by atoms with van der Waals surface area (Å²) in [6.07, 6.45) is 8.68. The molecule has 0 aliphatic rings. The maximum atomic E-state index is 11.0. The van der Waals surface area contributed by atoms with Gasteiger partial charge in [-0.2, -0.15) is 12.6 Å². The first kappa shape index (κ1) is 14.8. The van der Waals surface area contributed by atoms with Crippen LogP contribution in [-0.2, 0) is 9.53 Å². The first-order valence-corrected chi connectivity index (χ1v) is 6.54. The molecule has 0 rings (SSSR count). The Bertz CT molecular complexity index is 158. The predicted molar refractivity (Wildman–Crippen MR) is 67.4 cm³/mol. The monoisotopic (exact) mass is 232 g/mol. The van der Waals surface area contributed by atoms with E-state index in [2.05, 4.69) is 19.6 Å². The first-order chi connectivity index (χ1) is 7.18. The molecule has 90 valence electrons. The van der Waals surface area contributed by atoms with Gasteiger partial charge >= 0.3 is 5.97 Å². The molecule has 1 unspecified atom stereocenters. The highest BCUT2D eigenvalue weighted by molar-refractivity contribution is 7.81. The topological polar surface area (TPSA) is 26.3 Å². The standard InChI is InChI=1S/C12H24O2S/c1-3-4-5-6-7-8-9-10-14-12(13)11(2)15/h11,15H,3-10H2,1-2H3. The van der Waals surface area contributed by atoms with Gasteiger partial charge in [0.05, 0.1) is 11.9 Å². The van der Waals surface area contributed by atoms with Crippen molar-refractivity contribution in [1.82, 2.24) is 0 Å². The zero-order valence-corrected chi connectivity index (χ0v) is 10.9. The minimum Gasteiger partial charge on any atom is -0.465 e. The molecule has 3 heteroatoms. The lowest BCUT2D eigenvalue weighted by Gasteiger charge is -2.06. The summed E-state index contributed by atoms with van der Waals surface area (Å²) >= 11 is 4.00. The average molecular weight is 232 g/mol. The highest BCUT2D eigenvalue weighted by Crippen LogP contribution is 2.07. The largest absolute Gasteiger partial charge is 0.465 e. The number of rotatable bonds is 9. The van der Waals surface area contributed by atoms with Crippen molar-refractivity contribution in [1.29, 1.82) is 0 Å². The van der Waals surface area contributed by atoms with Gasteiger partial charge in [-0.3, -0.25) is 4.79 Å². The Kier molecular flexibility index (Phi) is 10.2. The van der Waals surface area contributed by atoms with Crippen LogP contribution in [0.1, 0.15) is 58.8 Å². The number of thiol groups is 1. The molecular formula is C12H24O2S. The van der Waals surface area contributed by atoms with Gasteiger partial charge in [0.15, 0.2) is 0 Å². The summed E-state index contributed by atoms with van der Waals surface area (Å²) in [5.74, 6) is -0.204. The van der Waals surface area contributed by atoms with E-state index in [1.54, 1.807) is 6.92 Å². The Morgan fingerprint density at radius 3 is 2.20 bits per heavy atom. The molecule has 0 amide bonds. The summed E-state index contributed by atoms with van der Waals surface area (Å²) in [6, 6.07) is 0. The molecule has 0 aliphatic heterocycles. The number of unbranched alkanes of at least 4 members (excludes halogenated alkanes) is 6. The van der Waals surface area contributed by atoms with Gasteiger partial charge in [-0.25, -0.2) is 0 Å². The van der Waals surface area contributed by atoms with E-state index in [-0.39, 0.29) is 11.2 Å². The molecule has 0 aromatic rings. The Balaban J connectivity index is 3.08. The molecule has 0 aromatic heterocycles. The SMILES string of the molecule is CCCCCCCCCOC(=O)C(C)S. The average Bonchev–Trinajstić information content (AvgIpc) is 2.21. The van der Waals surface area contributed by atoms with Crippen LogP contribution < -0.4 is 0 Å². The fourth-order valence-corrected chi connectivity index (χ4v) is 1.43. The van der Waals surface area contributed by atoms with E-state index in [0.29, 0.717) is 6.61 Å². The quantitative estimate of drug-likeness (QED) is 0.373. The molecule has 1 atom stereocenters. The van der Waals surface area contributed by atoms with E-state index in [0.717, 1.165) is 12.8 Å². The zero-order valence-electron chi connectivity index (χ0n) is 10.00. The molecule has 15 heavy (non-hydrogen) atoms. The number of ether oxygens (including phenoxy) is 1. The van der Waals surface area contributed by atoms with Crippen molar-refractivity contribution in [3.8, 4) is 0 Å². The Labute approximate surface area is 99.2 Å². The normalized spacial score (nSPS) is 12.5. The number of hydrogen-bond acceptors (Lipinski definition) is 3. The summed E-state index contributed by atoms with van der Waals surface area (Å²) in [7, 11) is 0. The van der Waals surface area contributed by atoms with Gasteiger partial charge in [0.2, 0.25) is 0 Å². The summed E-state index contributed by atoms with van der Waals surface area (Å²) in [4.78, 5) is 11.0. The van der Waals surface area contributed by atoms with Gasteiger partial charge < -0.3 is 4.74 Å². The fourth-order valence-electron chi connectivity index (χ4n) is 1.35. The second-order valence-electron chi connectivity index (χ2n) is 3.96. The molecule has 0 aliphatic carbocycles. The van der Waals surface area contributed by atoms with Crippen molar-refractivity contribution in [2.24, 2.45) is 0 Å². The lowest BCUT2D eigenvalue weighted by molar-refractivity contribution is -0.142. The van der Waals surface area contributed by atoms with E-state index in [4.69, 9.17) is 4.74 Å². The van der Waals surface area contributed by atoms with E-state index in [9.17, 15) is 4.79 Å². The zero-order chi connectivity index (χ0) is 11.5. The van der Waals surface area contributed by atoms with E-state index < -0.39 is 0 Å². The Morgan fingerprint density at radius 2 is 1.67 bits per heavy atom. The van der Waals surface area contributed by atoms with E-state index in [1.165, 1.54) is 32.1 Å². The van der Waals surface area contributed by atoms with Crippen LogP contribution in [-0.4, -0.2) is 17.8 Å². The van der Waals surface area contributed by atoms with Crippen molar-refractivity contribution in [2.45, 2.75) is 64.0 Å². The summed E-state index contributed by atoms with van der Waals surface area (Å²) < 4.78 is 5.02. The third-order valence-corrected chi connectivity index (χ3v) is 2.54. The van der Waals surface area contributed by atoms with Gasteiger partial charge in [0, 0.05) is 0 Å². The highest BCUT2D eigenvalue weighted by atomic mass is 32.1. The van der Waals surface area contributed by atoms with Crippen molar-refractivity contribution in [3.63, 3.8) is 0 Å². The van der Waals surface area contributed by atoms with Crippen LogP contribution in [0.15, 0.2) is 0 Å². The molecule has 0 N–H and O–H groups in total. The summed E-state index contributed by atoms with van der Waals surface area (Å²) in [5.41, 5.74) is 0. The van der Waals surface area contributed by atoms with Crippen LogP contribution in [0, 0.1) is 0 Å². The van der Waals surface area contributed by atoms with Crippen molar-refractivity contribution < 1.29 is 9.53 Å². The van der Waals surface area contributed by atoms with Crippen LogP contribution in [0.3, 0.4) is 0 Å². The highest BCUT2D eigenvalue weighted by Gasteiger charge is 2.07. The molecule has 0 radical (unpaired) electrons. The number of carbonyl (C=O) groups is 1. The van der Waals surface area contributed by atoms with E-state index in [1.807, 2.05) is 0 Å². The molecule has 0 saturated heterocycles. The maximum absolute atomic E-state index is 11.0. The summed E-state index contributed by atoms with van der Waals surface area (Å²) in [5, 5.41) is -0.297. The van der Waals surface area contributed by atoms with Gasteiger partial charge in [-0.05, 0) is 13.3 Å². The molecular weight excluding hydrogens is 208 g/mol. The number of carbonyl (C=O) groups excluding carboxylic acids is 1.